The lowest BCUT2D eigenvalue weighted by Crippen LogP contribution is -2.41. The SMILES string of the molecule is CCC(Oc1cc(OC)c2c(c1OC(CC)C1CCCNC1)=CC1=CC=CC(=O)C=21)C1CCCNC1. The molecule has 6 nitrogen and oxygen atoms in total. The van der Waals surface area contributed by atoms with Gasteiger partial charge in [0, 0.05) is 47.0 Å². The van der Waals surface area contributed by atoms with E-state index in [1.807, 2.05) is 18.2 Å². The summed E-state index contributed by atoms with van der Waals surface area (Å²) in [5.74, 6) is 3.04. The van der Waals surface area contributed by atoms with Crippen molar-refractivity contribution in [3.8, 4) is 17.2 Å². The van der Waals surface area contributed by atoms with E-state index in [2.05, 4.69) is 30.6 Å². The van der Waals surface area contributed by atoms with Crippen LogP contribution in [0.15, 0.2) is 29.9 Å². The van der Waals surface area contributed by atoms with Crippen molar-refractivity contribution in [2.24, 2.45) is 11.8 Å². The predicted octanol–water partition coefficient (Wildman–Crippen LogP) is 3.02. The fourth-order valence-corrected chi connectivity index (χ4v) is 6.23. The van der Waals surface area contributed by atoms with Crippen LogP contribution in [0.2, 0.25) is 0 Å². The first-order valence-electron chi connectivity index (χ1n) is 13.8. The minimum atomic E-state index is 0.00338. The van der Waals surface area contributed by atoms with Crippen LogP contribution >= 0.6 is 0 Å². The highest BCUT2D eigenvalue weighted by molar-refractivity contribution is 6.30. The van der Waals surface area contributed by atoms with Gasteiger partial charge in [-0.25, -0.2) is 0 Å². The Morgan fingerprint density at radius 1 is 0.972 bits per heavy atom. The van der Waals surface area contributed by atoms with Gasteiger partial charge < -0.3 is 24.8 Å². The molecule has 4 unspecified atom stereocenters. The van der Waals surface area contributed by atoms with Crippen LogP contribution in [0.5, 0.6) is 17.2 Å². The van der Waals surface area contributed by atoms with Crippen molar-refractivity contribution >= 4 is 17.4 Å². The molecule has 4 atom stereocenters. The van der Waals surface area contributed by atoms with Gasteiger partial charge in [-0.3, -0.25) is 4.79 Å². The topological polar surface area (TPSA) is 68.8 Å². The number of methoxy groups -OCH3 is 1. The third kappa shape index (κ3) is 4.85. The van der Waals surface area contributed by atoms with E-state index in [4.69, 9.17) is 14.2 Å². The quantitative estimate of drug-likeness (QED) is 0.552. The number of hydrogen-bond acceptors (Lipinski definition) is 6. The molecule has 0 amide bonds. The molecule has 1 aromatic rings. The smallest absolute Gasteiger partial charge is 0.187 e. The van der Waals surface area contributed by atoms with E-state index >= 15 is 0 Å². The van der Waals surface area contributed by atoms with E-state index in [9.17, 15) is 4.79 Å². The molecule has 2 heterocycles. The summed E-state index contributed by atoms with van der Waals surface area (Å²) in [6.45, 7) is 8.47. The number of allylic oxidation sites excluding steroid dienone is 4. The van der Waals surface area contributed by atoms with E-state index in [1.165, 1.54) is 6.42 Å². The van der Waals surface area contributed by atoms with Gasteiger partial charge in [0.1, 0.15) is 18.0 Å². The van der Waals surface area contributed by atoms with E-state index in [0.29, 0.717) is 23.2 Å². The molecule has 2 saturated heterocycles. The average molecular weight is 493 g/mol. The Morgan fingerprint density at radius 2 is 1.64 bits per heavy atom. The Morgan fingerprint density at radius 3 is 2.22 bits per heavy atom. The summed E-state index contributed by atoms with van der Waals surface area (Å²) < 4.78 is 19.6. The van der Waals surface area contributed by atoms with E-state index in [0.717, 1.165) is 85.8 Å². The van der Waals surface area contributed by atoms with Crippen molar-refractivity contribution in [1.82, 2.24) is 10.6 Å². The first-order valence-corrected chi connectivity index (χ1v) is 13.8. The van der Waals surface area contributed by atoms with Crippen molar-refractivity contribution in [3.05, 3.63) is 40.3 Å². The molecule has 6 heteroatoms. The molecule has 1 aromatic carbocycles. The maximum Gasteiger partial charge on any atom is 0.187 e. The third-order valence-corrected chi connectivity index (χ3v) is 8.15. The summed E-state index contributed by atoms with van der Waals surface area (Å²) >= 11 is 0. The van der Waals surface area contributed by atoms with Crippen LogP contribution in [0.3, 0.4) is 0 Å². The molecular formula is C30H40N2O4. The average Bonchev–Trinajstić information content (AvgIpc) is 3.32. The third-order valence-electron chi connectivity index (χ3n) is 8.15. The molecular weight excluding hydrogens is 452 g/mol. The zero-order valence-electron chi connectivity index (χ0n) is 21.9. The van der Waals surface area contributed by atoms with Gasteiger partial charge in [0.05, 0.1) is 7.11 Å². The van der Waals surface area contributed by atoms with Crippen LogP contribution in [0.1, 0.15) is 52.4 Å². The Hall–Kier alpha value is -2.57. The van der Waals surface area contributed by atoms with Crippen LogP contribution in [0.25, 0.3) is 11.6 Å². The van der Waals surface area contributed by atoms with E-state index < -0.39 is 0 Å². The lowest BCUT2D eigenvalue weighted by atomic mass is 9.92. The van der Waals surface area contributed by atoms with Crippen molar-refractivity contribution in [2.45, 2.75) is 64.6 Å². The summed E-state index contributed by atoms with van der Waals surface area (Å²) in [5, 5.41) is 8.80. The Labute approximate surface area is 214 Å². The van der Waals surface area contributed by atoms with Gasteiger partial charge in [0.25, 0.3) is 0 Å². The lowest BCUT2D eigenvalue weighted by molar-refractivity contribution is -0.109. The minimum absolute atomic E-state index is 0.00338. The van der Waals surface area contributed by atoms with Crippen LogP contribution in [0.4, 0.5) is 0 Å². The number of fused-ring (bicyclic) bond motifs is 2. The van der Waals surface area contributed by atoms with E-state index in [-0.39, 0.29) is 18.0 Å². The fourth-order valence-electron chi connectivity index (χ4n) is 6.23. The molecule has 2 aliphatic heterocycles. The zero-order chi connectivity index (χ0) is 25.1. The second kappa shape index (κ2) is 11.2. The second-order valence-corrected chi connectivity index (χ2v) is 10.4. The molecule has 0 radical (unpaired) electrons. The predicted molar refractivity (Wildman–Crippen MR) is 143 cm³/mol. The molecule has 2 fully saturated rings. The monoisotopic (exact) mass is 492 g/mol. The summed E-state index contributed by atoms with van der Waals surface area (Å²) in [6.07, 6.45) is 14.1. The van der Waals surface area contributed by atoms with Crippen molar-refractivity contribution in [1.29, 1.82) is 0 Å². The number of carbonyl (C=O) groups is 1. The number of hydrogen-bond donors (Lipinski definition) is 2. The molecule has 0 spiro atoms. The van der Waals surface area contributed by atoms with Crippen LogP contribution in [0, 0.1) is 11.8 Å². The standard InChI is InChI=1S/C30H40N2O4/c1-4-24(20-10-7-13-31-17-20)35-27-16-26(34-3)29-22(15-19-9-6-12-23(33)28(19)29)30(27)36-25(5-2)21-11-8-14-32-18-21/h6,9,12,15-16,20-21,24-25,31-32H,4-5,7-8,10-11,13-14,17-18H2,1-3H3. The normalized spacial score (nSPS) is 24.8. The minimum Gasteiger partial charge on any atom is -0.496 e. The number of rotatable bonds is 9. The second-order valence-electron chi connectivity index (χ2n) is 10.4. The first-order chi connectivity index (χ1) is 17.6. The molecule has 2 aliphatic carbocycles. The Kier molecular flexibility index (Phi) is 7.82. The summed E-state index contributed by atoms with van der Waals surface area (Å²) in [4.78, 5) is 12.9. The van der Waals surface area contributed by atoms with Crippen LogP contribution < -0.4 is 35.3 Å². The van der Waals surface area contributed by atoms with Gasteiger partial charge in [-0.15, -0.1) is 0 Å². The number of ether oxygens (including phenoxy) is 3. The highest BCUT2D eigenvalue weighted by atomic mass is 16.5. The molecule has 194 valence electrons. The van der Waals surface area contributed by atoms with Crippen LogP contribution in [-0.2, 0) is 4.79 Å². The molecule has 0 saturated carbocycles. The molecule has 2 N–H and O–H groups in total. The van der Waals surface area contributed by atoms with Gasteiger partial charge in [-0.2, -0.15) is 0 Å². The Bertz CT molecular complexity index is 1160. The number of carbonyl (C=O) groups excluding carboxylic acids is 1. The molecule has 4 aliphatic rings. The molecule has 5 rings (SSSR count). The van der Waals surface area contributed by atoms with Gasteiger partial charge in [-0.1, -0.05) is 26.0 Å². The highest BCUT2D eigenvalue weighted by Gasteiger charge is 2.31. The largest absolute Gasteiger partial charge is 0.496 e. The fraction of sp³-hybridized carbons (Fsp3) is 0.567. The summed E-state index contributed by atoms with van der Waals surface area (Å²) in [5.41, 5.74) is 1.60. The number of piperidine rings is 2. The molecule has 0 bridgehead atoms. The number of ketones is 1. The molecule has 0 aromatic heterocycles. The van der Waals surface area contributed by atoms with E-state index in [1.54, 1.807) is 13.2 Å². The summed E-state index contributed by atoms with van der Waals surface area (Å²) in [7, 11) is 1.66. The highest BCUT2D eigenvalue weighted by Crippen LogP contribution is 2.35. The maximum atomic E-state index is 12.9. The maximum absolute atomic E-state index is 12.9. The van der Waals surface area contributed by atoms with Crippen molar-refractivity contribution < 1.29 is 19.0 Å². The van der Waals surface area contributed by atoms with Gasteiger partial charge >= 0.3 is 0 Å². The van der Waals surface area contributed by atoms with Crippen LogP contribution in [-0.4, -0.2) is 51.3 Å². The van der Waals surface area contributed by atoms with Gasteiger partial charge in [-0.05, 0) is 69.3 Å². The van der Waals surface area contributed by atoms with Gasteiger partial charge in [0.2, 0.25) is 0 Å². The lowest BCUT2D eigenvalue weighted by Gasteiger charge is -2.33. The van der Waals surface area contributed by atoms with Gasteiger partial charge in [0.15, 0.2) is 17.3 Å². The summed E-state index contributed by atoms with van der Waals surface area (Å²) in [6, 6.07) is 1.95. The number of nitrogens with one attached hydrogen (secondary N) is 2. The first kappa shape index (κ1) is 25.1. The molecule has 36 heavy (non-hydrogen) atoms. The Balaban J connectivity index is 1.62. The van der Waals surface area contributed by atoms with Crippen molar-refractivity contribution in [2.75, 3.05) is 33.3 Å². The number of benzene rings is 1. The zero-order valence-corrected chi connectivity index (χ0v) is 21.9. The van der Waals surface area contributed by atoms with Crippen molar-refractivity contribution in [3.63, 3.8) is 0 Å².